The molecule has 0 fully saturated rings. The molecule has 0 aliphatic heterocycles. The van der Waals surface area contributed by atoms with E-state index in [2.05, 4.69) is 247 Å². The molecule has 2 heteroatoms. The minimum absolute atomic E-state index is 0.0271. The summed E-state index contributed by atoms with van der Waals surface area (Å²) in [5, 5.41) is 0. The number of aryl methyl sites for hydroxylation is 4. The van der Waals surface area contributed by atoms with Gasteiger partial charge in [0, 0.05) is 45.5 Å². The second-order valence-electron chi connectivity index (χ2n) is 18.3. The Bertz CT molecular complexity index is 2620. The Kier molecular flexibility index (Phi) is 10.4. The molecular weight excluding hydrogens is 737 g/mol. The lowest BCUT2D eigenvalue weighted by atomic mass is 9.67. The maximum atomic E-state index is 2.63. The number of fused-ring (bicyclic) bond motifs is 3. The highest BCUT2D eigenvalue weighted by atomic mass is 15.1. The second-order valence-corrected chi connectivity index (χ2v) is 18.3. The zero-order valence-corrected chi connectivity index (χ0v) is 37.1. The Balaban J connectivity index is 0.992. The average Bonchev–Trinajstić information content (AvgIpc) is 3.51. The van der Waals surface area contributed by atoms with E-state index in [0.29, 0.717) is 11.8 Å². The number of nitrogens with zero attached hydrogens (tertiary/aromatic N) is 2. The molecule has 304 valence electrons. The van der Waals surface area contributed by atoms with Gasteiger partial charge in [-0.05, 0) is 152 Å². The lowest BCUT2D eigenvalue weighted by molar-refractivity contribution is 0.385. The van der Waals surface area contributed by atoms with Gasteiger partial charge in [-0.2, -0.15) is 0 Å². The maximum Gasteiger partial charge on any atom is 0.0462 e. The number of hydrogen-bond donors (Lipinski definition) is 0. The van der Waals surface area contributed by atoms with E-state index in [-0.39, 0.29) is 10.8 Å². The summed E-state index contributed by atoms with van der Waals surface area (Å²) < 4.78 is 0. The van der Waals surface area contributed by atoms with Crippen molar-refractivity contribution in [1.29, 1.82) is 0 Å². The molecule has 7 aromatic rings. The van der Waals surface area contributed by atoms with Crippen molar-refractivity contribution in [3.8, 4) is 11.1 Å². The molecule has 0 bridgehead atoms. The van der Waals surface area contributed by atoms with Gasteiger partial charge in [0.2, 0.25) is 0 Å². The van der Waals surface area contributed by atoms with Crippen LogP contribution in [0, 0.1) is 33.6 Å². The van der Waals surface area contributed by atoms with Crippen molar-refractivity contribution in [1.82, 2.24) is 0 Å². The van der Waals surface area contributed by atoms with E-state index in [0.717, 1.165) is 40.5 Å². The zero-order chi connectivity index (χ0) is 42.5. The Morgan fingerprint density at radius 3 is 1.28 bits per heavy atom. The molecule has 0 saturated heterocycles. The molecule has 0 heterocycles. The van der Waals surface area contributed by atoms with Crippen molar-refractivity contribution in [3.63, 3.8) is 0 Å². The predicted octanol–water partition coefficient (Wildman–Crippen LogP) is 16.4. The normalized spacial score (nSPS) is 17.2. The lowest BCUT2D eigenvalue weighted by Crippen LogP contribution is -2.30. The molecule has 3 unspecified atom stereocenters. The Morgan fingerprint density at radius 2 is 0.869 bits per heavy atom. The predicted molar refractivity (Wildman–Crippen MR) is 261 cm³/mol. The van der Waals surface area contributed by atoms with E-state index in [9.17, 15) is 0 Å². The van der Waals surface area contributed by atoms with Crippen molar-refractivity contribution in [2.75, 3.05) is 9.80 Å². The Hall–Kier alpha value is -6.38. The third-order valence-electron chi connectivity index (χ3n) is 13.9. The number of hydrogen-bond acceptors (Lipinski definition) is 2. The van der Waals surface area contributed by atoms with Gasteiger partial charge in [0.05, 0.1) is 0 Å². The summed E-state index contributed by atoms with van der Waals surface area (Å²) in [5.41, 5.74) is 20.0. The highest BCUT2D eigenvalue weighted by Crippen LogP contribution is 2.56. The fraction of sp³-hybridized carbons (Fsp3) is 0.220. The van der Waals surface area contributed by atoms with Gasteiger partial charge in [-0.15, -0.1) is 0 Å². The lowest BCUT2D eigenvalue weighted by Gasteiger charge is -2.37. The third kappa shape index (κ3) is 7.44. The molecule has 0 amide bonds. The van der Waals surface area contributed by atoms with Crippen LogP contribution in [0.1, 0.15) is 79.0 Å². The molecule has 3 atom stereocenters. The maximum absolute atomic E-state index is 2.63. The molecule has 0 spiro atoms. The van der Waals surface area contributed by atoms with Gasteiger partial charge in [-0.3, -0.25) is 0 Å². The fourth-order valence-corrected chi connectivity index (χ4v) is 9.79. The molecule has 9 rings (SSSR count). The van der Waals surface area contributed by atoms with Crippen LogP contribution in [0.3, 0.4) is 0 Å². The molecule has 0 saturated carbocycles. The first-order valence-electron chi connectivity index (χ1n) is 22.1. The topological polar surface area (TPSA) is 6.48 Å². The summed E-state index contributed by atoms with van der Waals surface area (Å²) in [4.78, 5) is 4.71. The van der Waals surface area contributed by atoms with E-state index in [1.165, 1.54) is 55.6 Å². The summed E-state index contributed by atoms with van der Waals surface area (Å²) in [6.07, 6.45) is 8.59. The van der Waals surface area contributed by atoms with E-state index >= 15 is 0 Å². The summed E-state index contributed by atoms with van der Waals surface area (Å²) in [7, 11) is 0. The second kappa shape index (κ2) is 15.9. The van der Waals surface area contributed by atoms with Crippen LogP contribution in [-0.4, -0.2) is 0 Å². The van der Waals surface area contributed by atoms with Crippen molar-refractivity contribution in [2.45, 2.75) is 78.6 Å². The van der Waals surface area contributed by atoms with E-state index in [1.807, 2.05) is 0 Å². The van der Waals surface area contributed by atoms with Crippen molar-refractivity contribution < 1.29 is 0 Å². The molecular formula is C59H58N2. The van der Waals surface area contributed by atoms with Gasteiger partial charge in [-0.25, -0.2) is 0 Å². The molecule has 0 N–H and O–H groups in total. The number of allylic oxidation sites excluding steroid dienone is 4. The first-order valence-corrected chi connectivity index (χ1v) is 22.1. The number of benzene rings is 7. The molecule has 61 heavy (non-hydrogen) atoms. The fourth-order valence-electron chi connectivity index (χ4n) is 9.79. The molecule has 2 aliphatic rings. The van der Waals surface area contributed by atoms with Gasteiger partial charge in [-0.1, -0.05) is 159 Å². The SMILES string of the molecule is CCC(C)(C1=CC2C(C=C1)c1ccc(-c3ccc(N(c4ccc(C)cc4)c4ccc(C)cc4)cc3)cc1C2(C)C)c1ccc(N(c2ccc(C)cc2)c2ccc(C)cc2)cc1. The van der Waals surface area contributed by atoms with Gasteiger partial charge >= 0.3 is 0 Å². The first kappa shape index (κ1) is 40.0. The summed E-state index contributed by atoms with van der Waals surface area (Å²) in [5.74, 6) is 0.741. The molecule has 2 nitrogen and oxygen atoms in total. The summed E-state index contributed by atoms with van der Waals surface area (Å²) in [6, 6.07) is 61.0. The van der Waals surface area contributed by atoms with Crippen LogP contribution < -0.4 is 9.80 Å². The van der Waals surface area contributed by atoms with Crippen molar-refractivity contribution >= 4 is 34.1 Å². The van der Waals surface area contributed by atoms with Crippen LogP contribution in [-0.2, 0) is 10.8 Å². The van der Waals surface area contributed by atoms with Crippen LogP contribution in [0.2, 0.25) is 0 Å². The monoisotopic (exact) mass is 794 g/mol. The van der Waals surface area contributed by atoms with Crippen LogP contribution >= 0.6 is 0 Å². The quantitative estimate of drug-likeness (QED) is 0.136. The van der Waals surface area contributed by atoms with E-state index in [1.54, 1.807) is 0 Å². The van der Waals surface area contributed by atoms with E-state index < -0.39 is 0 Å². The first-order chi connectivity index (χ1) is 29.4. The van der Waals surface area contributed by atoms with Gasteiger partial charge < -0.3 is 9.80 Å². The smallest absolute Gasteiger partial charge is 0.0462 e. The third-order valence-corrected chi connectivity index (χ3v) is 13.9. The highest BCUT2D eigenvalue weighted by Gasteiger charge is 2.46. The van der Waals surface area contributed by atoms with Gasteiger partial charge in [0.1, 0.15) is 0 Å². The number of anilines is 6. The largest absolute Gasteiger partial charge is 0.311 e. The molecule has 7 aromatic carbocycles. The summed E-state index contributed by atoms with van der Waals surface area (Å²) >= 11 is 0. The minimum Gasteiger partial charge on any atom is -0.311 e. The van der Waals surface area contributed by atoms with Crippen molar-refractivity contribution in [2.24, 2.45) is 5.92 Å². The van der Waals surface area contributed by atoms with Crippen molar-refractivity contribution in [3.05, 3.63) is 227 Å². The van der Waals surface area contributed by atoms with Crippen LogP contribution in [0.5, 0.6) is 0 Å². The Morgan fingerprint density at radius 1 is 0.492 bits per heavy atom. The molecule has 0 aromatic heterocycles. The number of rotatable bonds is 10. The standard InChI is InChI=1S/C59H58N2/c1-9-59(8,46-21-34-53(35-22-46)61(50-28-14-42(4)15-29-50)51-30-16-43(5)17-31-51)47-23-37-55-54-36-20-45(38-56(54)58(6,7)57(55)39-47)44-18-32-52(33-19-44)60(48-24-10-40(2)11-25-48)49-26-12-41(3)13-27-49/h10-39,55,57H,9H2,1-8H3. The minimum atomic E-state index is -0.124. The summed E-state index contributed by atoms with van der Waals surface area (Å²) in [6.45, 7) is 18.3. The van der Waals surface area contributed by atoms with Gasteiger partial charge in [0.15, 0.2) is 0 Å². The average molecular weight is 795 g/mol. The van der Waals surface area contributed by atoms with Crippen LogP contribution in [0.25, 0.3) is 11.1 Å². The van der Waals surface area contributed by atoms with E-state index in [4.69, 9.17) is 0 Å². The highest BCUT2D eigenvalue weighted by molar-refractivity contribution is 5.80. The van der Waals surface area contributed by atoms with Gasteiger partial charge in [0.25, 0.3) is 0 Å². The molecule has 2 aliphatic carbocycles. The van der Waals surface area contributed by atoms with Crippen LogP contribution in [0.4, 0.5) is 34.1 Å². The Labute approximate surface area is 364 Å². The van der Waals surface area contributed by atoms with Crippen LogP contribution in [0.15, 0.2) is 188 Å². The molecule has 0 radical (unpaired) electrons. The zero-order valence-electron chi connectivity index (χ0n) is 37.1.